The number of aryl methyl sites for hydroxylation is 2. The van der Waals surface area contributed by atoms with Gasteiger partial charge in [0.2, 0.25) is 0 Å². The highest BCUT2D eigenvalue weighted by molar-refractivity contribution is 5.74. The molecule has 1 fully saturated rings. The number of carbonyl (C=O) groups is 1. The van der Waals surface area contributed by atoms with Crippen molar-refractivity contribution in [2.75, 3.05) is 13.1 Å². The lowest BCUT2D eigenvalue weighted by Crippen LogP contribution is -2.31. The van der Waals surface area contributed by atoms with Crippen LogP contribution in [0.25, 0.3) is 0 Å². The van der Waals surface area contributed by atoms with Crippen LogP contribution in [0.5, 0.6) is 5.75 Å². The quantitative estimate of drug-likeness (QED) is 0.878. The van der Waals surface area contributed by atoms with E-state index in [1.165, 1.54) is 0 Å². The van der Waals surface area contributed by atoms with E-state index in [0.29, 0.717) is 18.7 Å². The monoisotopic (exact) mass is 263 g/mol. The first-order chi connectivity index (χ1) is 8.82. The summed E-state index contributed by atoms with van der Waals surface area (Å²) in [6.45, 7) is 7.71. The molecule has 2 rings (SSSR count). The standard InChI is InChI=1S/C15H21NO3/c1-10-6-12(7-11(2)13(10)17)8-16-5-4-15(3,9-16)14(18)19/h6-7,17H,4-5,8-9H2,1-3H3,(H,18,19). The number of carboxylic acids is 1. The van der Waals surface area contributed by atoms with Gasteiger partial charge in [0, 0.05) is 13.1 Å². The number of hydrogen-bond donors (Lipinski definition) is 2. The van der Waals surface area contributed by atoms with Crippen molar-refractivity contribution in [2.24, 2.45) is 5.41 Å². The first-order valence-corrected chi connectivity index (χ1v) is 6.57. The minimum atomic E-state index is -0.715. The van der Waals surface area contributed by atoms with Crippen molar-refractivity contribution in [2.45, 2.75) is 33.7 Å². The fraction of sp³-hybridized carbons (Fsp3) is 0.533. The van der Waals surface area contributed by atoms with Gasteiger partial charge in [0.05, 0.1) is 5.41 Å². The van der Waals surface area contributed by atoms with Crippen molar-refractivity contribution in [3.63, 3.8) is 0 Å². The summed E-state index contributed by atoms with van der Waals surface area (Å²) >= 11 is 0. The van der Waals surface area contributed by atoms with Crippen LogP contribution < -0.4 is 0 Å². The number of aliphatic carboxylic acids is 1. The van der Waals surface area contributed by atoms with Crippen molar-refractivity contribution < 1.29 is 15.0 Å². The zero-order valence-corrected chi connectivity index (χ0v) is 11.7. The number of phenolic OH excluding ortho intramolecular Hbond substituents is 1. The van der Waals surface area contributed by atoms with E-state index in [0.717, 1.165) is 29.8 Å². The predicted molar refractivity (Wildman–Crippen MR) is 73.2 cm³/mol. The van der Waals surface area contributed by atoms with Crippen LogP contribution in [0.1, 0.15) is 30.0 Å². The number of benzene rings is 1. The lowest BCUT2D eigenvalue weighted by Gasteiger charge is -2.20. The molecule has 19 heavy (non-hydrogen) atoms. The first-order valence-electron chi connectivity index (χ1n) is 6.57. The molecule has 0 aromatic heterocycles. The SMILES string of the molecule is Cc1cc(CN2CCC(C)(C(=O)O)C2)cc(C)c1O. The van der Waals surface area contributed by atoms with Crippen LogP contribution >= 0.6 is 0 Å². The molecule has 0 saturated carbocycles. The predicted octanol–water partition coefficient (Wildman–Crippen LogP) is 2.31. The molecule has 4 heteroatoms. The lowest BCUT2D eigenvalue weighted by atomic mass is 9.90. The minimum Gasteiger partial charge on any atom is -0.507 e. The summed E-state index contributed by atoms with van der Waals surface area (Å²) in [7, 11) is 0. The van der Waals surface area contributed by atoms with E-state index < -0.39 is 11.4 Å². The molecular formula is C15H21NO3. The summed E-state index contributed by atoms with van der Waals surface area (Å²) < 4.78 is 0. The van der Waals surface area contributed by atoms with Gasteiger partial charge in [0.25, 0.3) is 0 Å². The topological polar surface area (TPSA) is 60.8 Å². The zero-order chi connectivity index (χ0) is 14.2. The molecule has 1 aliphatic rings. The number of likely N-dealkylation sites (tertiary alicyclic amines) is 1. The summed E-state index contributed by atoms with van der Waals surface area (Å²) in [5.41, 5.74) is 2.24. The van der Waals surface area contributed by atoms with Gasteiger partial charge >= 0.3 is 5.97 Å². The molecule has 2 N–H and O–H groups in total. The third-order valence-corrected chi connectivity index (χ3v) is 4.03. The Morgan fingerprint density at radius 3 is 2.42 bits per heavy atom. The summed E-state index contributed by atoms with van der Waals surface area (Å²) in [5, 5.41) is 19.0. The second kappa shape index (κ2) is 4.85. The number of nitrogens with zero attached hydrogens (tertiary/aromatic N) is 1. The average molecular weight is 263 g/mol. The number of hydrogen-bond acceptors (Lipinski definition) is 3. The summed E-state index contributed by atoms with van der Waals surface area (Å²) in [6, 6.07) is 3.94. The van der Waals surface area contributed by atoms with Crippen molar-refractivity contribution in [3.8, 4) is 5.75 Å². The molecule has 1 aromatic rings. The molecule has 0 bridgehead atoms. The van der Waals surface area contributed by atoms with Crippen molar-refractivity contribution >= 4 is 5.97 Å². The lowest BCUT2D eigenvalue weighted by molar-refractivity contribution is -0.147. The van der Waals surface area contributed by atoms with E-state index in [1.807, 2.05) is 32.9 Å². The molecule has 4 nitrogen and oxygen atoms in total. The van der Waals surface area contributed by atoms with E-state index in [-0.39, 0.29) is 0 Å². The van der Waals surface area contributed by atoms with Gasteiger partial charge in [0.15, 0.2) is 0 Å². The van der Waals surface area contributed by atoms with E-state index in [2.05, 4.69) is 4.90 Å². The van der Waals surface area contributed by atoms with Crippen molar-refractivity contribution in [1.29, 1.82) is 0 Å². The molecule has 104 valence electrons. The maximum Gasteiger partial charge on any atom is 0.310 e. The molecule has 1 heterocycles. The van der Waals surface area contributed by atoms with Crippen LogP contribution in [0.3, 0.4) is 0 Å². The summed E-state index contributed by atoms with van der Waals surface area (Å²) in [5.74, 6) is -0.367. The van der Waals surface area contributed by atoms with Gasteiger partial charge in [-0.05, 0) is 50.4 Å². The molecule has 1 saturated heterocycles. The largest absolute Gasteiger partial charge is 0.507 e. The number of carboxylic acid groups (broad SMARTS) is 1. The average Bonchev–Trinajstić information content (AvgIpc) is 2.69. The first kappa shape index (κ1) is 13.9. The Bertz CT molecular complexity index is 489. The van der Waals surface area contributed by atoms with Crippen molar-refractivity contribution in [1.82, 2.24) is 4.90 Å². The number of phenols is 1. The minimum absolute atomic E-state index is 0.348. The van der Waals surface area contributed by atoms with Gasteiger partial charge in [-0.3, -0.25) is 9.69 Å². The van der Waals surface area contributed by atoms with Gasteiger partial charge in [-0.15, -0.1) is 0 Å². The van der Waals surface area contributed by atoms with Gasteiger partial charge in [-0.25, -0.2) is 0 Å². The van der Waals surface area contributed by atoms with Crippen molar-refractivity contribution in [3.05, 3.63) is 28.8 Å². The Morgan fingerprint density at radius 1 is 1.37 bits per heavy atom. The fourth-order valence-corrected chi connectivity index (χ4v) is 2.76. The Labute approximate surface area is 113 Å². The molecule has 0 amide bonds. The van der Waals surface area contributed by atoms with E-state index in [1.54, 1.807) is 0 Å². The Balaban J connectivity index is 2.10. The fourth-order valence-electron chi connectivity index (χ4n) is 2.76. The van der Waals surface area contributed by atoms with Crippen LogP contribution in [-0.2, 0) is 11.3 Å². The van der Waals surface area contributed by atoms with Gasteiger partial charge in [0.1, 0.15) is 5.75 Å². The zero-order valence-electron chi connectivity index (χ0n) is 11.7. The van der Waals surface area contributed by atoms with Gasteiger partial charge in [-0.2, -0.15) is 0 Å². The summed E-state index contributed by atoms with van der Waals surface area (Å²) in [4.78, 5) is 13.4. The van der Waals surface area contributed by atoms with E-state index in [9.17, 15) is 15.0 Å². The normalized spacial score (nSPS) is 23.7. The second-order valence-corrected chi connectivity index (χ2v) is 5.90. The van der Waals surface area contributed by atoms with Crippen LogP contribution in [-0.4, -0.2) is 34.2 Å². The van der Waals surface area contributed by atoms with E-state index in [4.69, 9.17) is 0 Å². The number of aromatic hydroxyl groups is 1. The third kappa shape index (κ3) is 2.73. The Hall–Kier alpha value is -1.55. The smallest absolute Gasteiger partial charge is 0.310 e. The molecule has 0 spiro atoms. The van der Waals surface area contributed by atoms with E-state index >= 15 is 0 Å². The van der Waals surface area contributed by atoms with Gasteiger partial charge in [-0.1, -0.05) is 12.1 Å². The summed E-state index contributed by atoms with van der Waals surface area (Å²) in [6.07, 6.45) is 0.693. The van der Waals surface area contributed by atoms with Crippen LogP contribution in [0.4, 0.5) is 0 Å². The maximum absolute atomic E-state index is 11.2. The third-order valence-electron chi connectivity index (χ3n) is 4.03. The molecule has 1 aliphatic heterocycles. The molecule has 1 unspecified atom stereocenters. The second-order valence-electron chi connectivity index (χ2n) is 5.90. The highest BCUT2D eigenvalue weighted by Gasteiger charge is 2.40. The molecule has 1 atom stereocenters. The van der Waals surface area contributed by atoms with Crippen LogP contribution in [0.2, 0.25) is 0 Å². The number of rotatable bonds is 3. The maximum atomic E-state index is 11.2. The Kier molecular flexibility index (Phi) is 3.54. The Morgan fingerprint density at radius 2 is 1.95 bits per heavy atom. The highest BCUT2D eigenvalue weighted by Crippen LogP contribution is 2.32. The molecule has 0 aliphatic carbocycles. The van der Waals surface area contributed by atoms with Crippen LogP contribution in [0.15, 0.2) is 12.1 Å². The van der Waals surface area contributed by atoms with Gasteiger partial charge < -0.3 is 10.2 Å². The van der Waals surface area contributed by atoms with Crippen LogP contribution in [0, 0.1) is 19.3 Å². The molecular weight excluding hydrogens is 242 g/mol. The highest BCUT2D eigenvalue weighted by atomic mass is 16.4. The molecule has 1 aromatic carbocycles. The molecule has 0 radical (unpaired) electrons.